The van der Waals surface area contributed by atoms with Crippen molar-refractivity contribution in [2.24, 2.45) is 5.41 Å². The molecule has 0 aromatic rings. The van der Waals surface area contributed by atoms with Crippen molar-refractivity contribution in [3.63, 3.8) is 0 Å². The minimum absolute atomic E-state index is 0.0457. The Morgan fingerprint density at radius 2 is 2.20 bits per heavy atom. The molecule has 1 saturated heterocycles. The van der Waals surface area contributed by atoms with Crippen molar-refractivity contribution in [1.29, 1.82) is 0 Å². The fraction of sp³-hybridized carbons (Fsp3) is 0.727. The molecule has 1 aliphatic rings. The Morgan fingerprint density at radius 1 is 1.53 bits per heavy atom. The predicted molar refractivity (Wildman–Crippen MR) is 55.0 cm³/mol. The summed E-state index contributed by atoms with van der Waals surface area (Å²) >= 11 is 0. The van der Waals surface area contributed by atoms with E-state index in [1.54, 1.807) is 19.9 Å². The second-order valence-electron chi connectivity index (χ2n) is 3.95. The molecular weight excluding hydrogens is 196 g/mol. The summed E-state index contributed by atoms with van der Waals surface area (Å²) in [5, 5.41) is 0. The lowest BCUT2D eigenvalue weighted by Crippen LogP contribution is -2.45. The molecule has 0 unspecified atom stereocenters. The average molecular weight is 214 g/mol. The van der Waals surface area contributed by atoms with Gasteiger partial charge in [0.05, 0.1) is 13.2 Å². The van der Waals surface area contributed by atoms with Crippen molar-refractivity contribution in [2.45, 2.75) is 27.2 Å². The van der Waals surface area contributed by atoms with Gasteiger partial charge in [-0.3, -0.25) is 4.89 Å². The van der Waals surface area contributed by atoms with E-state index in [0.717, 1.165) is 6.42 Å². The maximum absolute atomic E-state index is 11.2. The Bertz CT molecular complexity index is 248. The van der Waals surface area contributed by atoms with E-state index >= 15 is 0 Å². The zero-order valence-corrected chi connectivity index (χ0v) is 9.54. The fourth-order valence-electron chi connectivity index (χ4n) is 1.17. The van der Waals surface area contributed by atoms with E-state index < -0.39 is 5.97 Å². The van der Waals surface area contributed by atoms with E-state index in [0.29, 0.717) is 25.4 Å². The fourth-order valence-corrected chi connectivity index (χ4v) is 1.17. The first-order valence-corrected chi connectivity index (χ1v) is 5.18. The van der Waals surface area contributed by atoms with E-state index in [1.807, 2.05) is 0 Å². The number of rotatable bonds is 5. The van der Waals surface area contributed by atoms with Gasteiger partial charge in [0.25, 0.3) is 0 Å². The zero-order chi connectivity index (χ0) is 11.3. The van der Waals surface area contributed by atoms with Crippen LogP contribution in [0.2, 0.25) is 0 Å². The molecule has 1 heterocycles. The molecule has 0 spiro atoms. The minimum Gasteiger partial charge on any atom is -0.380 e. The van der Waals surface area contributed by atoms with Crippen LogP contribution < -0.4 is 0 Å². The van der Waals surface area contributed by atoms with Gasteiger partial charge >= 0.3 is 5.97 Å². The Balaban J connectivity index is 2.24. The van der Waals surface area contributed by atoms with Crippen LogP contribution in [0.25, 0.3) is 0 Å². The highest BCUT2D eigenvalue weighted by Gasteiger charge is 2.37. The maximum atomic E-state index is 11.2. The summed E-state index contributed by atoms with van der Waals surface area (Å²) in [6, 6.07) is 0. The predicted octanol–water partition coefficient (Wildman–Crippen LogP) is 1.85. The SMILES string of the molecule is CC=C(C)C(=O)OOCC1(CC)COC1. The number of hydrogen-bond acceptors (Lipinski definition) is 4. The Morgan fingerprint density at radius 3 is 2.60 bits per heavy atom. The Hall–Kier alpha value is -0.870. The van der Waals surface area contributed by atoms with Crippen molar-refractivity contribution in [1.82, 2.24) is 0 Å². The molecule has 0 atom stereocenters. The number of ether oxygens (including phenoxy) is 1. The third kappa shape index (κ3) is 3.04. The molecule has 0 aromatic carbocycles. The first kappa shape index (κ1) is 12.2. The summed E-state index contributed by atoms with van der Waals surface area (Å²) in [5.41, 5.74) is 0.592. The largest absolute Gasteiger partial charge is 0.380 e. The van der Waals surface area contributed by atoms with Gasteiger partial charge in [0, 0.05) is 11.0 Å². The standard InChI is InChI=1S/C11H18O4/c1-4-9(3)10(12)15-14-8-11(5-2)6-13-7-11/h4H,5-8H2,1-3H3. The minimum atomic E-state index is -0.427. The van der Waals surface area contributed by atoms with Gasteiger partial charge in [-0.15, -0.1) is 0 Å². The molecule has 1 aliphatic heterocycles. The van der Waals surface area contributed by atoms with Crippen molar-refractivity contribution in [3.8, 4) is 0 Å². The van der Waals surface area contributed by atoms with E-state index in [4.69, 9.17) is 9.62 Å². The second kappa shape index (κ2) is 5.28. The smallest absolute Gasteiger partial charge is 0.368 e. The molecule has 0 bridgehead atoms. The molecule has 4 nitrogen and oxygen atoms in total. The average Bonchev–Trinajstić information content (AvgIpc) is 2.20. The van der Waals surface area contributed by atoms with Crippen LogP contribution in [-0.4, -0.2) is 25.8 Å². The summed E-state index contributed by atoms with van der Waals surface area (Å²) in [5.74, 6) is -0.427. The first-order chi connectivity index (χ1) is 7.13. The van der Waals surface area contributed by atoms with Gasteiger partial charge in [0.2, 0.25) is 0 Å². The molecule has 0 aliphatic carbocycles. The van der Waals surface area contributed by atoms with Gasteiger partial charge in [-0.2, -0.15) is 4.89 Å². The topological polar surface area (TPSA) is 44.8 Å². The van der Waals surface area contributed by atoms with E-state index in [9.17, 15) is 4.79 Å². The highest BCUT2D eigenvalue weighted by Crippen LogP contribution is 2.31. The molecule has 86 valence electrons. The van der Waals surface area contributed by atoms with E-state index in [-0.39, 0.29) is 5.41 Å². The molecule has 0 N–H and O–H groups in total. The highest BCUT2D eigenvalue weighted by atomic mass is 17.2. The normalized spacial score (nSPS) is 19.5. The third-order valence-electron chi connectivity index (χ3n) is 2.82. The quantitative estimate of drug-likeness (QED) is 0.398. The van der Waals surface area contributed by atoms with Crippen LogP contribution in [0.3, 0.4) is 0 Å². The van der Waals surface area contributed by atoms with Gasteiger partial charge in [-0.05, 0) is 20.3 Å². The van der Waals surface area contributed by atoms with Crippen LogP contribution in [0, 0.1) is 5.41 Å². The number of allylic oxidation sites excluding steroid dienone is 1. The molecule has 0 saturated carbocycles. The summed E-state index contributed by atoms with van der Waals surface area (Å²) in [6.45, 7) is 7.32. The molecule has 0 amide bonds. The zero-order valence-electron chi connectivity index (χ0n) is 9.54. The van der Waals surface area contributed by atoms with Crippen molar-refractivity contribution in [3.05, 3.63) is 11.6 Å². The lowest BCUT2D eigenvalue weighted by molar-refractivity contribution is -0.301. The van der Waals surface area contributed by atoms with Crippen molar-refractivity contribution >= 4 is 5.97 Å². The van der Waals surface area contributed by atoms with Crippen molar-refractivity contribution in [2.75, 3.05) is 19.8 Å². The lowest BCUT2D eigenvalue weighted by Gasteiger charge is -2.39. The maximum Gasteiger partial charge on any atom is 0.368 e. The third-order valence-corrected chi connectivity index (χ3v) is 2.82. The van der Waals surface area contributed by atoms with Crippen LogP contribution in [-0.2, 0) is 19.3 Å². The summed E-state index contributed by atoms with van der Waals surface area (Å²) < 4.78 is 5.12. The summed E-state index contributed by atoms with van der Waals surface area (Å²) in [7, 11) is 0. The molecule has 15 heavy (non-hydrogen) atoms. The van der Waals surface area contributed by atoms with Crippen molar-refractivity contribution < 1.29 is 19.3 Å². The molecule has 1 rings (SSSR count). The van der Waals surface area contributed by atoms with E-state index in [1.165, 1.54) is 0 Å². The van der Waals surface area contributed by atoms with Gasteiger partial charge in [0.15, 0.2) is 0 Å². The van der Waals surface area contributed by atoms with Gasteiger partial charge in [0.1, 0.15) is 6.61 Å². The monoisotopic (exact) mass is 214 g/mol. The van der Waals surface area contributed by atoms with Crippen LogP contribution in [0.5, 0.6) is 0 Å². The molecule has 1 fully saturated rings. The Kier molecular flexibility index (Phi) is 4.29. The summed E-state index contributed by atoms with van der Waals surface area (Å²) in [6.07, 6.45) is 2.65. The summed E-state index contributed by atoms with van der Waals surface area (Å²) in [4.78, 5) is 20.8. The van der Waals surface area contributed by atoms with Crippen LogP contribution in [0.15, 0.2) is 11.6 Å². The highest BCUT2D eigenvalue weighted by molar-refractivity contribution is 5.87. The second-order valence-corrected chi connectivity index (χ2v) is 3.95. The van der Waals surface area contributed by atoms with E-state index in [2.05, 4.69) is 11.8 Å². The Labute approximate surface area is 90.1 Å². The van der Waals surface area contributed by atoms with Crippen LogP contribution >= 0.6 is 0 Å². The van der Waals surface area contributed by atoms with Gasteiger partial charge in [-0.25, -0.2) is 4.79 Å². The molecule has 0 aromatic heterocycles. The number of carbonyl (C=O) groups excluding carboxylic acids is 1. The number of hydrogen-bond donors (Lipinski definition) is 0. The number of carbonyl (C=O) groups is 1. The van der Waals surface area contributed by atoms with Crippen LogP contribution in [0.1, 0.15) is 27.2 Å². The molecular formula is C11H18O4. The van der Waals surface area contributed by atoms with Crippen LogP contribution in [0.4, 0.5) is 0 Å². The molecule has 4 heteroatoms. The lowest BCUT2D eigenvalue weighted by atomic mass is 9.84. The van der Waals surface area contributed by atoms with Gasteiger partial charge < -0.3 is 4.74 Å². The first-order valence-electron chi connectivity index (χ1n) is 5.18. The van der Waals surface area contributed by atoms with Gasteiger partial charge in [-0.1, -0.05) is 13.0 Å². The molecule has 0 radical (unpaired) electrons.